The second-order valence-electron chi connectivity index (χ2n) is 10.3. The van der Waals surface area contributed by atoms with Crippen LogP contribution >= 0.6 is 0 Å². The van der Waals surface area contributed by atoms with E-state index in [1.807, 2.05) is 0 Å². The normalized spacial score (nSPS) is 18.9. The number of carbonyl (C=O) groups excluding carboxylic acids is 3. The van der Waals surface area contributed by atoms with Crippen molar-refractivity contribution in [2.75, 3.05) is 19.6 Å². The highest BCUT2D eigenvalue weighted by atomic mass is 16.5. The van der Waals surface area contributed by atoms with E-state index in [0.29, 0.717) is 31.6 Å². The number of likely N-dealkylation sites (tertiary alicyclic amines) is 1. The van der Waals surface area contributed by atoms with Gasteiger partial charge in [-0.25, -0.2) is 0 Å². The average molecular weight is 520 g/mol. The molecule has 0 bridgehead atoms. The van der Waals surface area contributed by atoms with Crippen molar-refractivity contribution in [3.63, 3.8) is 0 Å². The Labute approximate surface area is 223 Å². The van der Waals surface area contributed by atoms with Gasteiger partial charge in [0.05, 0.1) is 0 Å². The van der Waals surface area contributed by atoms with Crippen LogP contribution in [0.1, 0.15) is 73.1 Å². The second kappa shape index (κ2) is 17.1. The van der Waals surface area contributed by atoms with Crippen molar-refractivity contribution in [3.05, 3.63) is 36.0 Å². The summed E-state index contributed by atoms with van der Waals surface area (Å²) in [6.45, 7) is 15.1. The molecule has 1 heterocycles. The summed E-state index contributed by atoms with van der Waals surface area (Å²) >= 11 is 0. The average Bonchev–Trinajstić information content (AvgIpc) is 3.35. The van der Waals surface area contributed by atoms with Crippen LogP contribution in [0, 0.1) is 17.8 Å². The first-order valence-electron chi connectivity index (χ1n) is 13.6. The van der Waals surface area contributed by atoms with Crippen molar-refractivity contribution >= 4 is 17.7 Å². The molecule has 0 aromatic rings. The largest absolute Gasteiger partial charge is 0.352 e. The van der Waals surface area contributed by atoms with Gasteiger partial charge in [0.25, 0.3) is 5.91 Å². The number of hydroxylamine groups is 1. The maximum atomic E-state index is 13.1. The summed E-state index contributed by atoms with van der Waals surface area (Å²) in [5, 5.41) is 15.2. The molecule has 1 aliphatic rings. The van der Waals surface area contributed by atoms with E-state index < -0.39 is 18.1 Å². The summed E-state index contributed by atoms with van der Waals surface area (Å²) in [5.41, 5.74) is 9.06. The summed E-state index contributed by atoms with van der Waals surface area (Å²) in [6.07, 6.45) is 9.36. The maximum Gasteiger partial charge on any atom is 0.251 e. The lowest BCUT2D eigenvalue weighted by molar-refractivity contribution is -0.138. The topological polar surface area (TPSA) is 137 Å². The van der Waals surface area contributed by atoms with Crippen molar-refractivity contribution in [3.8, 4) is 0 Å². The van der Waals surface area contributed by atoms with Crippen LogP contribution in [0.5, 0.6) is 0 Å². The molecule has 1 rings (SSSR count). The molecule has 9 heteroatoms. The number of rotatable bonds is 16. The molecular formula is C28H49N5O4. The molecule has 9 nitrogen and oxygen atoms in total. The molecule has 1 fully saturated rings. The van der Waals surface area contributed by atoms with Gasteiger partial charge >= 0.3 is 0 Å². The lowest BCUT2D eigenvalue weighted by Crippen LogP contribution is -2.51. The Morgan fingerprint density at radius 3 is 2.46 bits per heavy atom. The molecule has 0 saturated carbocycles. The van der Waals surface area contributed by atoms with Crippen LogP contribution in [0.2, 0.25) is 0 Å². The first-order valence-corrected chi connectivity index (χ1v) is 13.6. The predicted octanol–water partition coefficient (Wildman–Crippen LogP) is 3.02. The number of hydrogen-bond donors (Lipinski definition) is 5. The SMILES string of the molecule is C=C/C=C(\C=C(\CNC(=O)C(CCCCN)C(C)C)C(C)CC)C(=O)NC(C)C(=O)N1CCCC1NO. The lowest BCUT2D eigenvalue weighted by Gasteiger charge is -2.27. The summed E-state index contributed by atoms with van der Waals surface area (Å²) in [5.74, 6) is -0.393. The molecule has 4 atom stereocenters. The molecule has 1 saturated heterocycles. The summed E-state index contributed by atoms with van der Waals surface area (Å²) < 4.78 is 0. The number of amides is 3. The number of allylic oxidation sites excluding steroid dienone is 2. The van der Waals surface area contributed by atoms with E-state index in [9.17, 15) is 19.6 Å². The predicted molar refractivity (Wildman–Crippen MR) is 147 cm³/mol. The fraction of sp³-hybridized carbons (Fsp3) is 0.679. The highest BCUT2D eigenvalue weighted by Crippen LogP contribution is 2.21. The number of nitrogens with two attached hydrogens (primary N) is 1. The fourth-order valence-electron chi connectivity index (χ4n) is 4.50. The Hall–Kier alpha value is -2.49. The summed E-state index contributed by atoms with van der Waals surface area (Å²) in [6, 6.07) is -0.768. The van der Waals surface area contributed by atoms with E-state index in [1.165, 1.54) is 11.0 Å². The standard InChI is InChI=1S/C28H49N5O4/c1-7-12-22(26(34)31-21(6)28(36)33-16-11-14-25(33)32-37)17-23(20(5)8-2)18-30-27(35)24(19(3)4)13-9-10-15-29/h7,12,17,19-21,24-25,32,37H,1,8-11,13-16,18,29H2,2-6H3,(H,30,35)(H,31,34)/b22-12+,23-17-. The zero-order valence-corrected chi connectivity index (χ0v) is 23.4. The molecule has 210 valence electrons. The van der Waals surface area contributed by atoms with Crippen LogP contribution in [0.4, 0.5) is 0 Å². The Balaban J connectivity index is 2.98. The van der Waals surface area contributed by atoms with Gasteiger partial charge in [0, 0.05) is 24.6 Å². The molecule has 0 aromatic heterocycles. The van der Waals surface area contributed by atoms with E-state index >= 15 is 0 Å². The molecule has 1 aliphatic heterocycles. The fourth-order valence-corrected chi connectivity index (χ4v) is 4.50. The van der Waals surface area contributed by atoms with E-state index in [2.05, 4.69) is 50.4 Å². The second-order valence-corrected chi connectivity index (χ2v) is 10.3. The van der Waals surface area contributed by atoms with Crippen molar-refractivity contribution in [2.24, 2.45) is 23.5 Å². The van der Waals surface area contributed by atoms with Gasteiger partial charge in [0.1, 0.15) is 12.2 Å². The van der Waals surface area contributed by atoms with Gasteiger partial charge < -0.3 is 26.5 Å². The monoisotopic (exact) mass is 519 g/mol. The number of unbranched alkanes of at least 4 members (excludes halogenated alkanes) is 1. The third-order valence-corrected chi connectivity index (χ3v) is 7.13. The molecule has 4 unspecified atom stereocenters. The minimum Gasteiger partial charge on any atom is -0.352 e. The van der Waals surface area contributed by atoms with Gasteiger partial charge in [-0.3, -0.25) is 14.4 Å². The number of nitrogens with one attached hydrogen (secondary N) is 3. The molecule has 0 radical (unpaired) electrons. The van der Waals surface area contributed by atoms with Crippen molar-refractivity contribution < 1.29 is 19.6 Å². The number of carbonyl (C=O) groups is 3. The van der Waals surface area contributed by atoms with Crippen molar-refractivity contribution in [1.82, 2.24) is 21.0 Å². The smallest absolute Gasteiger partial charge is 0.251 e. The van der Waals surface area contributed by atoms with Gasteiger partial charge in [-0.15, -0.1) is 0 Å². The molecule has 0 spiro atoms. The summed E-state index contributed by atoms with van der Waals surface area (Å²) in [7, 11) is 0. The molecule has 0 aliphatic carbocycles. The Kier molecular flexibility index (Phi) is 15.0. The van der Waals surface area contributed by atoms with Gasteiger partial charge in [-0.2, -0.15) is 5.48 Å². The Morgan fingerprint density at radius 2 is 1.89 bits per heavy atom. The zero-order valence-electron chi connectivity index (χ0n) is 23.4. The minimum atomic E-state index is -0.768. The highest BCUT2D eigenvalue weighted by Gasteiger charge is 2.32. The van der Waals surface area contributed by atoms with Crippen molar-refractivity contribution in [2.45, 2.75) is 85.4 Å². The van der Waals surface area contributed by atoms with Crippen LogP contribution < -0.4 is 21.8 Å². The minimum absolute atomic E-state index is 0.0109. The molecule has 0 aromatic carbocycles. The Morgan fingerprint density at radius 1 is 1.19 bits per heavy atom. The maximum absolute atomic E-state index is 13.1. The molecular weight excluding hydrogens is 470 g/mol. The summed E-state index contributed by atoms with van der Waals surface area (Å²) in [4.78, 5) is 40.5. The van der Waals surface area contributed by atoms with Crippen LogP contribution in [0.3, 0.4) is 0 Å². The van der Waals surface area contributed by atoms with Crippen LogP contribution in [0.15, 0.2) is 36.0 Å². The van der Waals surface area contributed by atoms with Gasteiger partial charge in [-0.05, 0) is 69.1 Å². The van der Waals surface area contributed by atoms with Crippen molar-refractivity contribution in [1.29, 1.82) is 0 Å². The number of hydrogen-bond acceptors (Lipinski definition) is 6. The Bertz CT molecular complexity index is 823. The van der Waals surface area contributed by atoms with Crippen LogP contribution in [0.25, 0.3) is 0 Å². The van der Waals surface area contributed by atoms with E-state index in [0.717, 1.165) is 37.7 Å². The van der Waals surface area contributed by atoms with Crippen LogP contribution in [-0.4, -0.2) is 59.7 Å². The third kappa shape index (κ3) is 10.4. The molecule has 6 N–H and O–H groups in total. The zero-order chi connectivity index (χ0) is 28.0. The van der Waals surface area contributed by atoms with E-state index in [1.54, 1.807) is 19.1 Å². The first-order chi connectivity index (χ1) is 17.6. The third-order valence-electron chi connectivity index (χ3n) is 7.13. The molecule has 37 heavy (non-hydrogen) atoms. The lowest BCUT2D eigenvalue weighted by atomic mass is 9.89. The highest BCUT2D eigenvalue weighted by molar-refractivity contribution is 5.99. The van der Waals surface area contributed by atoms with Gasteiger partial charge in [-0.1, -0.05) is 52.8 Å². The van der Waals surface area contributed by atoms with Crippen LogP contribution in [-0.2, 0) is 14.4 Å². The quantitative estimate of drug-likeness (QED) is 0.0920. The van der Waals surface area contributed by atoms with Gasteiger partial charge in [0.2, 0.25) is 11.8 Å². The van der Waals surface area contributed by atoms with E-state index in [4.69, 9.17) is 5.73 Å². The molecule has 3 amide bonds. The number of nitrogens with zero attached hydrogens (tertiary/aromatic N) is 1. The first kappa shape index (κ1) is 32.5. The van der Waals surface area contributed by atoms with E-state index in [-0.39, 0.29) is 29.6 Å². The van der Waals surface area contributed by atoms with Gasteiger partial charge in [0.15, 0.2) is 0 Å².